The molecule has 0 atom stereocenters. The molecule has 0 saturated heterocycles. The Morgan fingerprint density at radius 3 is 2.73 bits per heavy atom. The fraction of sp³-hybridized carbons (Fsp3) is 0.412. The predicted molar refractivity (Wildman–Crippen MR) is 98.1 cm³/mol. The van der Waals surface area contributed by atoms with E-state index in [1.54, 1.807) is 11.3 Å². The van der Waals surface area contributed by atoms with Gasteiger partial charge in [-0.05, 0) is 31.9 Å². The van der Waals surface area contributed by atoms with E-state index in [0.717, 1.165) is 33.5 Å². The Morgan fingerprint density at radius 2 is 2.00 bits per heavy atom. The average molecular weight is 336 g/mol. The van der Waals surface area contributed by atoms with Crippen LogP contribution in [0.3, 0.4) is 0 Å². The summed E-state index contributed by atoms with van der Waals surface area (Å²) in [7, 11) is 0. The number of aromatic nitrogens is 1. The Labute approximate surface area is 141 Å². The second-order valence-corrected chi connectivity index (χ2v) is 6.61. The maximum atomic E-state index is 5.90. The van der Waals surface area contributed by atoms with Gasteiger partial charge in [0.25, 0.3) is 0 Å². The summed E-state index contributed by atoms with van der Waals surface area (Å²) in [6.07, 6.45) is 6.10. The molecule has 2 rings (SSSR count). The Kier molecular flexibility index (Phi) is 6.87. The van der Waals surface area contributed by atoms with Crippen LogP contribution >= 0.6 is 22.9 Å². The molecule has 0 aliphatic heterocycles. The van der Waals surface area contributed by atoms with Gasteiger partial charge in [0.05, 0.1) is 5.69 Å². The van der Waals surface area contributed by atoms with Crippen LogP contribution in [-0.4, -0.2) is 10.7 Å². The first kappa shape index (κ1) is 17.0. The van der Waals surface area contributed by atoms with E-state index in [2.05, 4.69) is 29.4 Å². The zero-order chi connectivity index (χ0) is 15.8. The third-order valence-electron chi connectivity index (χ3n) is 3.38. The highest BCUT2D eigenvalue weighted by Crippen LogP contribution is 2.25. The number of anilines is 1. The van der Waals surface area contributed by atoms with Crippen LogP contribution < -0.4 is 5.43 Å². The quantitative estimate of drug-likeness (QED) is 0.353. The number of thiazole rings is 1. The highest BCUT2D eigenvalue weighted by molar-refractivity contribution is 7.14. The van der Waals surface area contributed by atoms with Gasteiger partial charge < -0.3 is 0 Å². The van der Waals surface area contributed by atoms with E-state index >= 15 is 0 Å². The third-order valence-corrected chi connectivity index (χ3v) is 4.38. The van der Waals surface area contributed by atoms with Crippen LogP contribution in [0.15, 0.2) is 34.7 Å². The predicted octanol–water partition coefficient (Wildman–Crippen LogP) is 6.22. The standard InChI is InChI=1S/C17H22ClN3S/c1-3-4-5-6-7-13(2)20-21-17-19-16(12-22-17)14-8-10-15(18)11-9-14/h8-12H,3-7H2,1-2H3,(H,19,21)/b20-13-. The summed E-state index contributed by atoms with van der Waals surface area (Å²) in [6, 6.07) is 7.71. The summed E-state index contributed by atoms with van der Waals surface area (Å²) in [5, 5.41) is 7.99. The first-order valence-corrected chi connectivity index (χ1v) is 8.95. The molecule has 3 nitrogen and oxygen atoms in total. The Balaban J connectivity index is 1.87. The molecule has 0 spiro atoms. The molecule has 1 aromatic heterocycles. The van der Waals surface area contributed by atoms with Crippen molar-refractivity contribution < 1.29 is 0 Å². The summed E-state index contributed by atoms with van der Waals surface area (Å²) in [5.74, 6) is 0. The fourth-order valence-corrected chi connectivity index (χ4v) is 2.87. The monoisotopic (exact) mass is 335 g/mol. The number of nitrogens with zero attached hydrogens (tertiary/aromatic N) is 2. The maximum absolute atomic E-state index is 5.90. The van der Waals surface area contributed by atoms with Crippen molar-refractivity contribution in [3.63, 3.8) is 0 Å². The zero-order valence-corrected chi connectivity index (χ0v) is 14.7. The smallest absolute Gasteiger partial charge is 0.203 e. The molecule has 22 heavy (non-hydrogen) atoms. The minimum absolute atomic E-state index is 0.737. The van der Waals surface area contributed by atoms with Crippen molar-refractivity contribution in [3.8, 4) is 11.3 Å². The van der Waals surface area contributed by atoms with E-state index < -0.39 is 0 Å². The molecule has 5 heteroatoms. The molecule has 0 unspecified atom stereocenters. The van der Waals surface area contributed by atoms with Gasteiger partial charge in [0, 0.05) is 21.7 Å². The zero-order valence-electron chi connectivity index (χ0n) is 13.1. The lowest BCUT2D eigenvalue weighted by Gasteiger charge is -2.01. The normalized spacial score (nSPS) is 11.7. The molecule has 118 valence electrons. The van der Waals surface area contributed by atoms with E-state index in [-0.39, 0.29) is 0 Å². The summed E-state index contributed by atoms with van der Waals surface area (Å²) >= 11 is 7.46. The van der Waals surface area contributed by atoms with E-state index in [1.807, 2.05) is 29.6 Å². The van der Waals surface area contributed by atoms with Crippen LogP contribution in [0.4, 0.5) is 5.13 Å². The van der Waals surface area contributed by atoms with E-state index in [1.165, 1.54) is 25.7 Å². The number of hydrogen-bond donors (Lipinski definition) is 1. The minimum Gasteiger partial charge on any atom is -0.253 e. The molecule has 1 heterocycles. The Bertz CT molecular complexity index is 605. The van der Waals surface area contributed by atoms with Crippen LogP contribution in [0.1, 0.15) is 46.0 Å². The number of benzene rings is 1. The van der Waals surface area contributed by atoms with Gasteiger partial charge >= 0.3 is 0 Å². The fourth-order valence-electron chi connectivity index (χ4n) is 2.09. The SMILES string of the molecule is CCCCCC/C(C)=N\Nc1nc(-c2ccc(Cl)cc2)cs1. The van der Waals surface area contributed by atoms with Gasteiger partial charge in [0.15, 0.2) is 0 Å². The summed E-state index contributed by atoms with van der Waals surface area (Å²) in [6.45, 7) is 4.29. The second-order valence-electron chi connectivity index (χ2n) is 5.31. The van der Waals surface area contributed by atoms with Gasteiger partial charge in [0.2, 0.25) is 5.13 Å². The number of halogens is 1. The molecular formula is C17H22ClN3S. The van der Waals surface area contributed by atoms with Gasteiger partial charge in [-0.25, -0.2) is 4.98 Å². The number of hydrazone groups is 1. The van der Waals surface area contributed by atoms with Crippen LogP contribution in [0.2, 0.25) is 5.02 Å². The Morgan fingerprint density at radius 1 is 1.23 bits per heavy atom. The van der Waals surface area contributed by atoms with Crippen molar-refractivity contribution in [2.75, 3.05) is 5.43 Å². The molecule has 2 aromatic rings. The largest absolute Gasteiger partial charge is 0.253 e. The molecule has 1 aromatic carbocycles. The van der Waals surface area contributed by atoms with E-state index in [9.17, 15) is 0 Å². The van der Waals surface area contributed by atoms with Crippen molar-refractivity contribution in [2.45, 2.75) is 46.0 Å². The van der Waals surface area contributed by atoms with Gasteiger partial charge in [-0.1, -0.05) is 49.9 Å². The average Bonchev–Trinajstić information content (AvgIpc) is 2.99. The van der Waals surface area contributed by atoms with Crippen molar-refractivity contribution in [1.29, 1.82) is 0 Å². The van der Waals surface area contributed by atoms with Gasteiger partial charge in [-0.15, -0.1) is 11.3 Å². The van der Waals surface area contributed by atoms with E-state index in [0.29, 0.717) is 0 Å². The lowest BCUT2D eigenvalue weighted by molar-refractivity contribution is 0.682. The molecule has 0 aliphatic rings. The van der Waals surface area contributed by atoms with Crippen molar-refractivity contribution in [2.24, 2.45) is 5.10 Å². The molecule has 0 amide bonds. The van der Waals surface area contributed by atoms with Crippen molar-refractivity contribution in [3.05, 3.63) is 34.7 Å². The minimum atomic E-state index is 0.737. The second kappa shape index (κ2) is 8.91. The lowest BCUT2D eigenvalue weighted by Crippen LogP contribution is -1.97. The molecule has 0 bridgehead atoms. The highest BCUT2D eigenvalue weighted by atomic mass is 35.5. The van der Waals surface area contributed by atoms with Crippen LogP contribution in [0.25, 0.3) is 11.3 Å². The molecule has 1 N–H and O–H groups in total. The first-order chi connectivity index (χ1) is 10.7. The molecule has 0 radical (unpaired) electrons. The maximum Gasteiger partial charge on any atom is 0.203 e. The summed E-state index contributed by atoms with van der Waals surface area (Å²) in [5.41, 5.74) is 6.19. The topological polar surface area (TPSA) is 37.3 Å². The van der Waals surface area contributed by atoms with Gasteiger partial charge in [-0.2, -0.15) is 5.10 Å². The van der Waals surface area contributed by atoms with Crippen molar-refractivity contribution >= 4 is 33.8 Å². The van der Waals surface area contributed by atoms with Crippen LogP contribution in [-0.2, 0) is 0 Å². The molecule has 0 fully saturated rings. The number of unbranched alkanes of at least 4 members (excludes halogenated alkanes) is 3. The van der Waals surface area contributed by atoms with Gasteiger partial charge in [-0.3, -0.25) is 5.43 Å². The highest BCUT2D eigenvalue weighted by Gasteiger charge is 2.04. The summed E-state index contributed by atoms with van der Waals surface area (Å²) in [4.78, 5) is 4.55. The molecular weight excluding hydrogens is 314 g/mol. The van der Waals surface area contributed by atoms with Crippen LogP contribution in [0, 0.1) is 0 Å². The summed E-state index contributed by atoms with van der Waals surface area (Å²) < 4.78 is 0. The van der Waals surface area contributed by atoms with Crippen LogP contribution in [0.5, 0.6) is 0 Å². The third kappa shape index (κ3) is 5.43. The van der Waals surface area contributed by atoms with Crippen molar-refractivity contribution in [1.82, 2.24) is 4.98 Å². The van der Waals surface area contributed by atoms with Gasteiger partial charge in [0.1, 0.15) is 0 Å². The molecule has 0 aliphatic carbocycles. The lowest BCUT2D eigenvalue weighted by atomic mass is 10.1. The number of nitrogens with one attached hydrogen (secondary N) is 1. The Hall–Kier alpha value is -1.39. The number of rotatable bonds is 8. The van der Waals surface area contributed by atoms with E-state index in [4.69, 9.17) is 11.6 Å². The number of hydrogen-bond acceptors (Lipinski definition) is 4. The first-order valence-electron chi connectivity index (χ1n) is 7.69. The molecule has 0 saturated carbocycles.